The number of thiazole rings is 1. The molecule has 2 rings (SSSR count). The zero-order chi connectivity index (χ0) is 15.5. The van der Waals surface area contributed by atoms with E-state index in [1.54, 1.807) is 0 Å². The fraction of sp³-hybridized carbons (Fsp3) is 0.800. The molecule has 1 aromatic heterocycles. The zero-order valence-electron chi connectivity index (χ0n) is 13.2. The number of aromatic nitrogens is 1. The van der Waals surface area contributed by atoms with Crippen molar-refractivity contribution in [1.29, 1.82) is 0 Å². The minimum atomic E-state index is -2.99. The largest absolute Gasteiger partial charge is 0.294 e. The summed E-state index contributed by atoms with van der Waals surface area (Å²) in [5.74, 6) is 0.805. The lowest BCUT2D eigenvalue weighted by Gasteiger charge is -2.39. The van der Waals surface area contributed by atoms with E-state index < -0.39 is 9.84 Å². The number of rotatable bonds is 6. The van der Waals surface area contributed by atoms with E-state index in [-0.39, 0.29) is 5.75 Å². The first-order chi connectivity index (χ1) is 9.89. The van der Waals surface area contributed by atoms with Crippen LogP contribution in [0.15, 0.2) is 5.38 Å². The van der Waals surface area contributed by atoms with Gasteiger partial charge in [-0.1, -0.05) is 20.3 Å². The molecule has 2 atom stereocenters. The van der Waals surface area contributed by atoms with Crippen LogP contribution in [0.4, 0.5) is 0 Å². The van der Waals surface area contributed by atoms with Crippen LogP contribution in [-0.4, -0.2) is 37.1 Å². The molecule has 1 aliphatic heterocycles. The van der Waals surface area contributed by atoms with Crippen molar-refractivity contribution in [3.05, 3.63) is 16.1 Å². The maximum absolute atomic E-state index is 11.3. The average molecular weight is 331 g/mol. The Kier molecular flexibility index (Phi) is 5.80. The maximum atomic E-state index is 11.3. The lowest BCUT2D eigenvalue weighted by atomic mass is 9.88. The molecule has 2 heterocycles. The summed E-state index contributed by atoms with van der Waals surface area (Å²) in [7, 11) is -2.99. The number of hydrogen-bond donors (Lipinski definition) is 0. The molecule has 1 aliphatic rings. The second kappa shape index (κ2) is 7.20. The van der Waals surface area contributed by atoms with E-state index in [9.17, 15) is 8.42 Å². The first-order valence-corrected chi connectivity index (χ1v) is 10.7. The molecule has 1 fully saturated rings. The van der Waals surface area contributed by atoms with Gasteiger partial charge in [-0.3, -0.25) is 4.90 Å². The monoisotopic (exact) mass is 330 g/mol. The van der Waals surface area contributed by atoms with Crippen LogP contribution in [-0.2, 0) is 22.1 Å². The van der Waals surface area contributed by atoms with E-state index in [4.69, 9.17) is 0 Å². The second-order valence-corrected chi connectivity index (χ2v) is 9.33. The summed E-state index contributed by atoms with van der Waals surface area (Å²) in [6.45, 7) is 6.58. The van der Waals surface area contributed by atoms with Gasteiger partial charge < -0.3 is 0 Å². The zero-order valence-corrected chi connectivity index (χ0v) is 14.8. The molecule has 21 heavy (non-hydrogen) atoms. The summed E-state index contributed by atoms with van der Waals surface area (Å²) in [6.07, 6.45) is 6.28. The number of likely N-dealkylation sites (tertiary alicyclic amines) is 1. The Morgan fingerprint density at radius 3 is 2.90 bits per heavy atom. The summed E-state index contributed by atoms with van der Waals surface area (Å²) in [5, 5.41) is 2.73. The Hall–Kier alpha value is -0.460. The SMILES string of the molecule is CCC[C@H]1[C@H](C)CCCN1Cc1csc(CS(C)(=O)=O)n1. The van der Waals surface area contributed by atoms with Crippen LogP contribution in [0.5, 0.6) is 0 Å². The molecule has 6 heteroatoms. The predicted octanol–water partition coefficient (Wildman–Crippen LogP) is 3.09. The Morgan fingerprint density at radius 2 is 2.24 bits per heavy atom. The van der Waals surface area contributed by atoms with Crippen LogP contribution in [0.2, 0.25) is 0 Å². The van der Waals surface area contributed by atoms with Crippen molar-refractivity contribution in [2.24, 2.45) is 5.92 Å². The molecule has 0 unspecified atom stereocenters. The van der Waals surface area contributed by atoms with Gasteiger partial charge in [0.25, 0.3) is 0 Å². The number of nitrogens with zero attached hydrogens (tertiary/aromatic N) is 2. The molecule has 0 aliphatic carbocycles. The highest BCUT2D eigenvalue weighted by Gasteiger charge is 2.28. The van der Waals surface area contributed by atoms with Crippen LogP contribution in [0.1, 0.15) is 50.2 Å². The molecule has 0 radical (unpaired) electrons. The van der Waals surface area contributed by atoms with Gasteiger partial charge >= 0.3 is 0 Å². The van der Waals surface area contributed by atoms with Crippen molar-refractivity contribution in [3.8, 4) is 0 Å². The smallest absolute Gasteiger partial charge is 0.153 e. The summed E-state index contributed by atoms with van der Waals surface area (Å²) in [6, 6.07) is 0.642. The Bertz CT molecular complexity index is 554. The molecule has 0 saturated carbocycles. The highest BCUT2D eigenvalue weighted by Crippen LogP contribution is 2.28. The topological polar surface area (TPSA) is 50.3 Å². The third-order valence-electron chi connectivity index (χ3n) is 4.17. The minimum absolute atomic E-state index is 0.0620. The van der Waals surface area contributed by atoms with E-state index in [2.05, 4.69) is 23.7 Å². The van der Waals surface area contributed by atoms with Gasteiger partial charge in [-0.05, 0) is 31.7 Å². The highest BCUT2D eigenvalue weighted by atomic mass is 32.2. The highest BCUT2D eigenvalue weighted by molar-refractivity contribution is 7.90. The van der Waals surface area contributed by atoms with Crippen LogP contribution >= 0.6 is 11.3 Å². The fourth-order valence-corrected chi connectivity index (χ4v) is 5.21. The average Bonchev–Trinajstić information content (AvgIpc) is 2.78. The maximum Gasteiger partial charge on any atom is 0.153 e. The molecule has 0 amide bonds. The van der Waals surface area contributed by atoms with Crippen molar-refractivity contribution < 1.29 is 8.42 Å². The van der Waals surface area contributed by atoms with Crippen molar-refractivity contribution >= 4 is 21.2 Å². The van der Waals surface area contributed by atoms with Crippen LogP contribution in [0.3, 0.4) is 0 Å². The summed E-state index contributed by atoms with van der Waals surface area (Å²) < 4.78 is 22.7. The molecule has 0 aromatic carbocycles. The quantitative estimate of drug-likeness (QED) is 0.804. The van der Waals surface area contributed by atoms with Gasteiger partial charge in [0.15, 0.2) is 9.84 Å². The molecule has 4 nitrogen and oxygen atoms in total. The fourth-order valence-electron chi connectivity index (χ4n) is 3.21. The van der Waals surface area contributed by atoms with Gasteiger partial charge in [0, 0.05) is 24.2 Å². The van der Waals surface area contributed by atoms with Gasteiger partial charge in [0.05, 0.1) is 5.69 Å². The number of sulfone groups is 1. The predicted molar refractivity (Wildman–Crippen MR) is 88.2 cm³/mol. The number of piperidine rings is 1. The van der Waals surface area contributed by atoms with Gasteiger partial charge in [0.2, 0.25) is 0 Å². The molecule has 1 saturated heterocycles. The van der Waals surface area contributed by atoms with Crippen molar-refractivity contribution in [1.82, 2.24) is 9.88 Å². The lowest BCUT2D eigenvalue weighted by molar-refractivity contribution is 0.0853. The van der Waals surface area contributed by atoms with Crippen molar-refractivity contribution in [2.75, 3.05) is 12.8 Å². The van der Waals surface area contributed by atoms with Gasteiger partial charge in [-0.15, -0.1) is 11.3 Å². The van der Waals surface area contributed by atoms with Crippen molar-refractivity contribution in [2.45, 2.75) is 57.9 Å². The standard InChI is InChI=1S/C15H26N2O2S2/c1-4-6-14-12(2)7-5-8-17(14)9-13-10-20-15(16-13)11-21(3,18)19/h10,12,14H,4-9,11H2,1-3H3/t12-,14+/m1/s1. The lowest BCUT2D eigenvalue weighted by Crippen LogP contribution is -2.43. The van der Waals surface area contributed by atoms with Crippen molar-refractivity contribution in [3.63, 3.8) is 0 Å². The van der Waals surface area contributed by atoms with Crippen LogP contribution in [0.25, 0.3) is 0 Å². The molecule has 120 valence electrons. The first kappa shape index (κ1) is 16.9. The van der Waals surface area contributed by atoms with Crippen LogP contribution in [0, 0.1) is 5.92 Å². The molecular weight excluding hydrogens is 304 g/mol. The Balaban J connectivity index is 2.02. The Labute approximate surface area is 132 Å². The van der Waals surface area contributed by atoms with E-state index in [1.807, 2.05) is 5.38 Å². The number of hydrogen-bond acceptors (Lipinski definition) is 5. The second-order valence-electron chi connectivity index (χ2n) is 6.25. The third-order valence-corrected chi connectivity index (χ3v) is 6.04. The molecule has 0 spiro atoms. The third kappa shape index (κ3) is 5.04. The van der Waals surface area contributed by atoms with E-state index in [0.717, 1.165) is 24.7 Å². The summed E-state index contributed by atoms with van der Waals surface area (Å²) in [4.78, 5) is 7.05. The summed E-state index contributed by atoms with van der Waals surface area (Å²) >= 11 is 1.46. The van der Waals surface area contributed by atoms with Gasteiger partial charge in [-0.25, -0.2) is 13.4 Å². The minimum Gasteiger partial charge on any atom is -0.294 e. The Morgan fingerprint density at radius 1 is 1.48 bits per heavy atom. The van der Waals surface area contributed by atoms with E-state index in [0.29, 0.717) is 11.0 Å². The van der Waals surface area contributed by atoms with E-state index >= 15 is 0 Å². The first-order valence-electron chi connectivity index (χ1n) is 7.74. The molecule has 0 bridgehead atoms. The molecule has 0 N–H and O–H groups in total. The van der Waals surface area contributed by atoms with E-state index in [1.165, 1.54) is 43.3 Å². The van der Waals surface area contributed by atoms with Crippen LogP contribution < -0.4 is 0 Å². The molecular formula is C15H26N2O2S2. The summed E-state index contributed by atoms with van der Waals surface area (Å²) in [5.41, 5.74) is 1.02. The molecule has 1 aromatic rings. The van der Waals surface area contributed by atoms with Gasteiger partial charge in [0.1, 0.15) is 10.8 Å². The van der Waals surface area contributed by atoms with Gasteiger partial charge in [-0.2, -0.15) is 0 Å². The normalized spacial score (nSPS) is 24.3.